The van der Waals surface area contributed by atoms with Gasteiger partial charge in [0.25, 0.3) is 0 Å². The number of aryl methyl sites for hydroxylation is 2. The molecular weight excluding hydrogens is 382 g/mol. The molecule has 0 saturated heterocycles. The largest absolute Gasteiger partial charge is 0.487 e. The van der Waals surface area contributed by atoms with Gasteiger partial charge in [-0.1, -0.05) is 29.4 Å². The number of fused-ring (bicyclic) bond motifs is 1. The van der Waals surface area contributed by atoms with Crippen molar-refractivity contribution >= 4 is 5.71 Å². The van der Waals surface area contributed by atoms with Gasteiger partial charge in [0.15, 0.2) is 0 Å². The molecule has 8 heteroatoms. The van der Waals surface area contributed by atoms with Crippen LogP contribution in [0.3, 0.4) is 0 Å². The lowest BCUT2D eigenvalue weighted by Crippen LogP contribution is -2.24. The number of tetrazole rings is 1. The third kappa shape index (κ3) is 3.60. The van der Waals surface area contributed by atoms with E-state index in [9.17, 15) is 4.79 Å². The topological polar surface area (TPSA) is 83.5 Å². The molecule has 8 nitrogen and oxygen atoms in total. The number of ether oxygens (including phenoxy) is 1. The second-order valence-electron chi connectivity index (χ2n) is 8.14. The van der Waals surface area contributed by atoms with E-state index in [0.29, 0.717) is 5.69 Å². The molecule has 2 aromatic carbocycles. The molecule has 0 amide bonds. The minimum absolute atomic E-state index is 0.208. The number of rotatable bonds is 5. The maximum Gasteiger partial charge on any atom is 0.368 e. The van der Waals surface area contributed by atoms with Crippen LogP contribution in [0.25, 0.3) is 5.69 Å². The Bertz CT molecular complexity index is 1190. The molecule has 0 radical (unpaired) electrons. The molecule has 0 saturated carbocycles. The first-order valence-corrected chi connectivity index (χ1v) is 9.82. The zero-order valence-corrected chi connectivity index (χ0v) is 17.8. The molecule has 0 fully saturated rings. The first-order valence-electron chi connectivity index (χ1n) is 9.82. The van der Waals surface area contributed by atoms with Crippen LogP contribution in [-0.2, 0) is 24.9 Å². The van der Waals surface area contributed by atoms with E-state index in [4.69, 9.17) is 9.57 Å². The Labute approximate surface area is 174 Å². The van der Waals surface area contributed by atoms with Crippen molar-refractivity contribution < 1.29 is 9.57 Å². The molecule has 0 N–H and O–H groups in total. The molecule has 30 heavy (non-hydrogen) atoms. The number of hydrogen-bond donors (Lipinski definition) is 0. The van der Waals surface area contributed by atoms with Gasteiger partial charge >= 0.3 is 5.69 Å². The molecule has 4 rings (SSSR count). The molecule has 156 valence electrons. The molecular formula is C22H25N5O3. The van der Waals surface area contributed by atoms with Crippen LogP contribution in [-0.4, -0.2) is 31.1 Å². The number of benzene rings is 2. The van der Waals surface area contributed by atoms with Crippen LogP contribution in [0, 0.1) is 6.92 Å². The van der Waals surface area contributed by atoms with Crippen LogP contribution in [0.1, 0.15) is 43.0 Å². The predicted molar refractivity (Wildman–Crippen MR) is 113 cm³/mol. The molecule has 3 aromatic rings. The maximum atomic E-state index is 12.3. The van der Waals surface area contributed by atoms with Gasteiger partial charge in [-0.3, -0.25) is 0 Å². The van der Waals surface area contributed by atoms with Crippen molar-refractivity contribution in [2.75, 3.05) is 0 Å². The molecule has 0 unspecified atom stereocenters. The normalized spacial score (nSPS) is 15.0. The van der Waals surface area contributed by atoms with E-state index in [1.165, 1.54) is 9.36 Å². The lowest BCUT2D eigenvalue weighted by Gasteiger charge is -2.16. The summed E-state index contributed by atoms with van der Waals surface area (Å²) in [7, 11) is 1.56. The first kappa shape index (κ1) is 19.9. The highest BCUT2D eigenvalue weighted by molar-refractivity contribution is 6.00. The van der Waals surface area contributed by atoms with Crippen molar-refractivity contribution in [2.24, 2.45) is 12.2 Å². The summed E-state index contributed by atoms with van der Waals surface area (Å²) in [6.45, 7) is 8.25. The number of oxime groups is 1. The molecule has 0 bridgehead atoms. The van der Waals surface area contributed by atoms with Gasteiger partial charge < -0.3 is 9.57 Å². The fourth-order valence-electron chi connectivity index (χ4n) is 3.72. The van der Waals surface area contributed by atoms with Crippen LogP contribution >= 0.6 is 0 Å². The van der Waals surface area contributed by atoms with Crippen LogP contribution in [0.2, 0.25) is 0 Å². The van der Waals surface area contributed by atoms with Gasteiger partial charge in [-0.05, 0) is 55.8 Å². The SMILES string of the molecule is CC(=NOCc1c(C)cccc1-n1nnn(C)c1=O)c1cccc2c1CC(C)(C)O2. The van der Waals surface area contributed by atoms with Crippen molar-refractivity contribution in [3.8, 4) is 11.4 Å². The first-order chi connectivity index (χ1) is 14.3. The van der Waals surface area contributed by atoms with Gasteiger partial charge in [0, 0.05) is 30.2 Å². The minimum Gasteiger partial charge on any atom is -0.487 e. The molecule has 1 aromatic heterocycles. The van der Waals surface area contributed by atoms with E-state index in [1.54, 1.807) is 7.05 Å². The van der Waals surface area contributed by atoms with Gasteiger partial charge in [-0.2, -0.15) is 9.36 Å². The second kappa shape index (κ2) is 7.44. The average Bonchev–Trinajstić information content (AvgIpc) is 3.20. The zero-order chi connectivity index (χ0) is 21.5. The van der Waals surface area contributed by atoms with Crippen molar-refractivity contribution in [2.45, 2.75) is 46.3 Å². The van der Waals surface area contributed by atoms with E-state index < -0.39 is 0 Å². The van der Waals surface area contributed by atoms with Crippen molar-refractivity contribution in [1.82, 2.24) is 19.8 Å². The summed E-state index contributed by atoms with van der Waals surface area (Å²) >= 11 is 0. The molecule has 0 atom stereocenters. The standard InChI is InChI=1S/C22H25N5O3/c1-14-8-6-10-19(27-21(28)26(5)24-25-27)18(14)13-29-23-15(2)16-9-7-11-20-17(16)12-22(3,4)30-20/h6-11H,12-13H2,1-5H3. The molecule has 0 spiro atoms. The summed E-state index contributed by atoms with van der Waals surface area (Å²) < 4.78 is 8.47. The van der Waals surface area contributed by atoms with Gasteiger partial charge in [0.2, 0.25) is 0 Å². The molecule has 1 aliphatic rings. The van der Waals surface area contributed by atoms with E-state index in [2.05, 4.69) is 29.4 Å². The Morgan fingerprint density at radius 2 is 2.00 bits per heavy atom. The zero-order valence-electron chi connectivity index (χ0n) is 17.8. The van der Waals surface area contributed by atoms with Gasteiger partial charge in [0.1, 0.15) is 18.0 Å². The maximum absolute atomic E-state index is 12.3. The monoisotopic (exact) mass is 407 g/mol. The summed E-state index contributed by atoms with van der Waals surface area (Å²) in [6, 6.07) is 11.6. The summed E-state index contributed by atoms with van der Waals surface area (Å²) in [5.41, 5.74) is 4.86. The van der Waals surface area contributed by atoms with E-state index in [0.717, 1.165) is 40.1 Å². The molecule has 0 aliphatic carbocycles. The third-order valence-corrected chi connectivity index (χ3v) is 5.26. The van der Waals surface area contributed by atoms with Gasteiger partial charge in [0.05, 0.1) is 11.4 Å². The Kier molecular flexibility index (Phi) is 4.93. The third-order valence-electron chi connectivity index (χ3n) is 5.26. The fraction of sp³-hybridized carbons (Fsp3) is 0.364. The lowest BCUT2D eigenvalue weighted by atomic mass is 9.95. The Morgan fingerprint density at radius 1 is 1.23 bits per heavy atom. The van der Waals surface area contributed by atoms with Crippen LogP contribution in [0.5, 0.6) is 5.75 Å². The van der Waals surface area contributed by atoms with Crippen molar-refractivity contribution in [1.29, 1.82) is 0 Å². The van der Waals surface area contributed by atoms with E-state index >= 15 is 0 Å². The minimum atomic E-state index is -0.316. The van der Waals surface area contributed by atoms with Crippen LogP contribution < -0.4 is 10.4 Å². The quantitative estimate of drug-likeness (QED) is 0.480. The van der Waals surface area contributed by atoms with Crippen molar-refractivity contribution in [3.05, 3.63) is 69.1 Å². The molecule has 1 aliphatic heterocycles. The second-order valence-corrected chi connectivity index (χ2v) is 8.14. The Balaban J connectivity index is 1.59. The summed E-state index contributed by atoms with van der Waals surface area (Å²) in [6.07, 6.45) is 0.822. The van der Waals surface area contributed by atoms with E-state index in [-0.39, 0.29) is 17.9 Å². The summed E-state index contributed by atoms with van der Waals surface area (Å²) in [4.78, 5) is 18.0. The predicted octanol–water partition coefficient (Wildman–Crippen LogP) is 2.93. The summed E-state index contributed by atoms with van der Waals surface area (Å²) in [5, 5.41) is 12.1. The lowest BCUT2D eigenvalue weighted by molar-refractivity contribution is 0.130. The van der Waals surface area contributed by atoms with Crippen molar-refractivity contribution in [3.63, 3.8) is 0 Å². The number of aromatic nitrogens is 4. The highest BCUT2D eigenvalue weighted by atomic mass is 16.6. The highest BCUT2D eigenvalue weighted by Crippen LogP contribution is 2.37. The number of hydrogen-bond acceptors (Lipinski definition) is 6. The van der Waals surface area contributed by atoms with Crippen LogP contribution in [0.15, 0.2) is 46.3 Å². The van der Waals surface area contributed by atoms with Gasteiger partial charge in [-0.25, -0.2) is 4.79 Å². The fourth-order valence-corrected chi connectivity index (χ4v) is 3.72. The Morgan fingerprint density at radius 3 is 2.73 bits per heavy atom. The molecule has 2 heterocycles. The Hall–Kier alpha value is -3.42. The summed E-state index contributed by atoms with van der Waals surface area (Å²) in [5.74, 6) is 0.898. The van der Waals surface area contributed by atoms with Gasteiger partial charge in [-0.15, -0.1) is 0 Å². The van der Waals surface area contributed by atoms with E-state index in [1.807, 2.05) is 50.2 Å². The smallest absolute Gasteiger partial charge is 0.368 e. The average molecular weight is 407 g/mol. The van der Waals surface area contributed by atoms with Crippen LogP contribution in [0.4, 0.5) is 0 Å². The number of nitrogens with zero attached hydrogens (tertiary/aromatic N) is 5. The highest BCUT2D eigenvalue weighted by Gasteiger charge is 2.32.